The lowest BCUT2D eigenvalue weighted by atomic mass is 10.1. The largest absolute Gasteiger partial charge is 0.496 e. The van der Waals surface area contributed by atoms with Gasteiger partial charge in [0.1, 0.15) is 29.7 Å². The van der Waals surface area contributed by atoms with Crippen LogP contribution in [0.1, 0.15) is 22.4 Å². The standard InChI is InChI=1S/C15H16N4O/c1-10-4-11(2)15(20-3)12(5-10)8-17-14-6-13(7-16)18-9-19-14/h4-6,9H,8H2,1-3H3,(H,17,18,19). The summed E-state index contributed by atoms with van der Waals surface area (Å²) in [7, 11) is 1.67. The van der Waals surface area contributed by atoms with E-state index < -0.39 is 0 Å². The number of aromatic nitrogens is 2. The van der Waals surface area contributed by atoms with E-state index in [2.05, 4.69) is 34.3 Å². The van der Waals surface area contributed by atoms with Gasteiger partial charge in [-0.1, -0.05) is 17.7 Å². The van der Waals surface area contributed by atoms with Crippen LogP contribution in [0, 0.1) is 25.2 Å². The highest BCUT2D eigenvalue weighted by atomic mass is 16.5. The molecule has 0 radical (unpaired) electrons. The van der Waals surface area contributed by atoms with Crippen LogP contribution in [-0.4, -0.2) is 17.1 Å². The Balaban J connectivity index is 2.20. The molecule has 1 heterocycles. The average Bonchev–Trinajstić information content (AvgIpc) is 2.45. The second kappa shape index (κ2) is 6.02. The number of rotatable bonds is 4. The van der Waals surface area contributed by atoms with Crippen LogP contribution in [0.15, 0.2) is 24.5 Å². The molecule has 0 saturated heterocycles. The molecule has 2 aromatic rings. The first-order chi connectivity index (χ1) is 9.63. The third-order valence-corrected chi connectivity index (χ3v) is 2.94. The van der Waals surface area contributed by atoms with E-state index in [1.165, 1.54) is 11.9 Å². The number of benzene rings is 1. The summed E-state index contributed by atoms with van der Waals surface area (Å²) in [5, 5.41) is 12.0. The van der Waals surface area contributed by atoms with Crippen LogP contribution in [0.5, 0.6) is 5.75 Å². The van der Waals surface area contributed by atoms with Crippen molar-refractivity contribution in [1.29, 1.82) is 5.26 Å². The minimum absolute atomic E-state index is 0.342. The maximum absolute atomic E-state index is 8.81. The molecule has 0 spiro atoms. The van der Waals surface area contributed by atoms with Gasteiger partial charge in [-0.15, -0.1) is 0 Å². The summed E-state index contributed by atoms with van der Waals surface area (Å²) in [6.45, 7) is 4.65. The highest BCUT2D eigenvalue weighted by molar-refractivity contribution is 5.46. The molecule has 1 aromatic carbocycles. The summed E-state index contributed by atoms with van der Waals surface area (Å²) in [5.74, 6) is 1.50. The van der Waals surface area contributed by atoms with Crippen molar-refractivity contribution in [1.82, 2.24) is 9.97 Å². The fraction of sp³-hybridized carbons (Fsp3) is 0.267. The van der Waals surface area contributed by atoms with Gasteiger partial charge >= 0.3 is 0 Å². The molecule has 1 N–H and O–H groups in total. The third-order valence-electron chi connectivity index (χ3n) is 2.94. The predicted octanol–water partition coefficient (Wildman–Crippen LogP) is 2.59. The molecule has 0 amide bonds. The Labute approximate surface area is 118 Å². The molecule has 20 heavy (non-hydrogen) atoms. The summed E-state index contributed by atoms with van der Waals surface area (Å²) in [5.41, 5.74) is 3.68. The van der Waals surface area contributed by atoms with Gasteiger partial charge in [0.05, 0.1) is 7.11 Å². The fourth-order valence-corrected chi connectivity index (χ4v) is 2.17. The molecule has 0 bridgehead atoms. The molecule has 0 unspecified atom stereocenters. The Morgan fingerprint density at radius 1 is 1.25 bits per heavy atom. The lowest BCUT2D eigenvalue weighted by Gasteiger charge is -2.13. The van der Waals surface area contributed by atoms with Gasteiger partial charge in [0.25, 0.3) is 0 Å². The van der Waals surface area contributed by atoms with Crippen LogP contribution in [0.25, 0.3) is 0 Å². The van der Waals surface area contributed by atoms with E-state index in [-0.39, 0.29) is 0 Å². The zero-order chi connectivity index (χ0) is 14.5. The molecule has 0 aliphatic rings. The first kappa shape index (κ1) is 13.8. The van der Waals surface area contributed by atoms with E-state index in [1.807, 2.05) is 13.0 Å². The molecule has 0 aliphatic heterocycles. The van der Waals surface area contributed by atoms with Crippen molar-refractivity contribution in [2.75, 3.05) is 12.4 Å². The van der Waals surface area contributed by atoms with Gasteiger partial charge in [-0.05, 0) is 19.4 Å². The van der Waals surface area contributed by atoms with E-state index in [1.54, 1.807) is 13.2 Å². The van der Waals surface area contributed by atoms with Gasteiger partial charge in [0.15, 0.2) is 0 Å². The van der Waals surface area contributed by atoms with E-state index in [9.17, 15) is 0 Å². The molecular formula is C15H16N4O. The summed E-state index contributed by atoms with van der Waals surface area (Å²) in [6.07, 6.45) is 1.37. The fourth-order valence-electron chi connectivity index (χ4n) is 2.17. The predicted molar refractivity (Wildman–Crippen MR) is 76.5 cm³/mol. The number of ether oxygens (including phenoxy) is 1. The molecular weight excluding hydrogens is 252 g/mol. The number of nitriles is 1. The van der Waals surface area contributed by atoms with Gasteiger partial charge in [0.2, 0.25) is 0 Å². The molecule has 0 aliphatic carbocycles. The van der Waals surface area contributed by atoms with Crippen molar-refractivity contribution in [3.63, 3.8) is 0 Å². The van der Waals surface area contributed by atoms with Gasteiger partial charge < -0.3 is 10.1 Å². The van der Waals surface area contributed by atoms with Crippen molar-refractivity contribution in [2.24, 2.45) is 0 Å². The molecule has 2 rings (SSSR count). The Kier molecular flexibility index (Phi) is 4.16. The average molecular weight is 268 g/mol. The maximum atomic E-state index is 8.81. The summed E-state index contributed by atoms with van der Waals surface area (Å²) >= 11 is 0. The number of anilines is 1. The molecule has 0 atom stereocenters. The molecule has 5 nitrogen and oxygen atoms in total. The minimum Gasteiger partial charge on any atom is -0.496 e. The van der Waals surface area contributed by atoms with Gasteiger partial charge in [0, 0.05) is 18.2 Å². The first-order valence-corrected chi connectivity index (χ1v) is 6.24. The van der Waals surface area contributed by atoms with E-state index in [0.717, 1.165) is 16.9 Å². The van der Waals surface area contributed by atoms with Crippen molar-refractivity contribution < 1.29 is 4.74 Å². The van der Waals surface area contributed by atoms with Crippen molar-refractivity contribution in [3.8, 4) is 11.8 Å². The molecule has 102 valence electrons. The Bertz CT molecular complexity index is 661. The lowest BCUT2D eigenvalue weighted by Crippen LogP contribution is -2.05. The van der Waals surface area contributed by atoms with Crippen LogP contribution < -0.4 is 10.1 Å². The Morgan fingerprint density at radius 3 is 2.75 bits per heavy atom. The number of methoxy groups -OCH3 is 1. The number of aryl methyl sites for hydroxylation is 2. The van der Waals surface area contributed by atoms with Crippen LogP contribution in [0.2, 0.25) is 0 Å². The second-order valence-corrected chi connectivity index (χ2v) is 4.53. The highest BCUT2D eigenvalue weighted by Crippen LogP contribution is 2.25. The van der Waals surface area contributed by atoms with Crippen molar-refractivity contribution in [3.05, 3.63) is 46.9 Å². The molecule has 0 saturated carbocycles. The topological polar surface area (TPSA) is 70.8 Å². The normalized spacial score (nSPS) is 9.90. The highest BCUT2D eigenvalue weighted by Gasteiger charge is 2.08. The molecule has 1 aromatic heterocycles. The van der Waals surface area contributed by atoms with Crippen molar-refractivity contribution in [2.45, 2.75) is 20.4 Å². The third kappa shape index (κ3) is 3.04. The Morgan fingerprint density at radius 2 is 2.05 bits per heavy atom. The van der Waals surface area contributed by atoms with Crippen molar-refractivity contribution >= 4 is 5.82 Å². The zero-order valence-electron chi connectivity index (χ0n) is 11.8. The minimum atomic E-state index is 0.342. The second-order valence-electron chi connectivity index (χ2n) is 4.53. The number of nitrogens with zero attached hydrogens (tertiary/aromatic N) is 3. The first-order valence-electron chi connectivity index (χ1n) is 6.24. The van der Waals surface area contributed by atoms with E-state index >= 15 is 0 Å². The zero-order valence-corrected chi connectivity index (χ0v) is 11.8. The summed E-state index contributed by atoms with van der Waals surface area (Å²) in [6, 6.07) is 7.77. The number of nitrogens with one attached hydrogen (secondary N) is 1. The molecule has 5 heteroatoms. The summed E-state index contributed by atoms with van der Waals surface area (Å²) < 4.78 is 5.44. The quantitative estimate of drug-likeness (QED) is 0.922. The van der Waals surface area contributed by atoms with Crippen LogP contribution in [-0.2, 0) is 6.54 Å². The SMILES string of the molecule is COc1c(C)cc(C)cc1CNc1cc(C#N)ncn1. The lowest BCUT2D eigenvalue weighted by molar-refractivity contribution is 0.407. The van der Waals surface area contributed by atoms with Gasteiger partial charge in [-0.25, -0.2) is 9.97 Å². The van der Waals surface area contributed by atoms with E-state index in [0.29, 0.717) is 18.1 Å². The summed E-state index contributed by atoms with van der Waals surface area (Å²) in [4.78, 5) is 7.93. The molecule has 0 fully saturated rings. The van der Waals surface area contributed by atoms with Gasteiger partial charge in [-0.2, -0.15) is 5.26 Å². The monoisotopic (exact) mass is 268 g/mol. The van der Waals surface area contributed by atoms with Gasteiger partial charge in [-0.3, -0.25) is 0 Å². The van der Waals surface area contributed by atoms with E-state index in [4.69, 9.17) is 10.00 Å². The van der Waals surface area contributed by atoms with Crippen LogP contribution >= 0.6 is 0 Å². The van der Waals surface area contributed by atoms with Crippen LogP contribution in [0.3, 0.4) is 0 Å². The number of hydrogen-bond acceptors (Lipinski definition) is 5. The Hall–Kier alpha value is -2.61. The number of hydrogen-bond donors (Lipinski definition) is 1. The maximum Gasteiger partial charge on any atom is 0.145 e. The smallest absolute Gasteiger partial charge is 0.145 e. The van der Waals surface area contributed by atoms with Crippen LogP contribution in [0.4, 0.5) is 5.82 Å².